The summed E-state index contributed by atoms with van der Waals surface area (Å²) in [5, 5.41) is 4.39. The molecule has 0 spiro atoms. The summed E-state index contributed by atoms with van der Waals surface area (Å²) in [6.07, 6.45) is 2.90. The van der Waals surface area contributed by atoms with Crippen molar-refractivity contribution in [3.8, 4) is 11.4 Å². The van der Waals surface area contributed by atoms with Gasteiger partial charge in [0.1, 0.15) is 11.4 Å². The normalized spacial score (nSPS) is 15.9. The maximum absolute atomic E-state index is 12.7. The molecule has 9 heteroatoms. The first-order valence-corrected chi connectivity index (χ1v) is 10.1. The van der Waals surface area contributed by atoms with Crippen molar-refractivity contribution in [2.45, 2.75) is 6.92 Å². The van der Waals surface area contributed by atoms with Gasteiger partial charge >= 0.3 is 0 Å². The third-order valence-corrected chi connectivity index (χ3v) is 5.69. The van der Waals surface area contributed by atoms with Crippen LogP contribution in [0.4, 0.5) is 0 Å². The predicted molar refractivity (Wildman–Crippen MR) is 97.2 cm³/mol. The van der Waals surface area contributed by atoms with Gasteiger partial charge < -0.3 is 9.64 Å². The van der Waals surface area contributed by atoms with E-state index in [0.29, 0.717) is 37.6 Å². The quantitative estimate of drug-likeness (QED) is 0.789. The largest absolute Gasteiger partial charge is 0.494 e. The average molecular weight is 378 g/mol. The van der Waals surface area contributed by atoms with Gasteiger partial charge in [-0.25, -0.2) is 13.1 Å². The van der Waals surface area contributed by atoms with E-state index in [2.05, 4.69) is 5.10 Å². The molecule has 0 aliphatic carbocycles. The fourth-order valence-electron chi connectivity index (χ4n) is 2.94. The van der Waals surface area contributed by atoms with Gasteiger partial charge in [-0.05, 0) is 30.7 Å². The van der Waals surface area contributed by atoms with Crippen LogP contribution in [-0.4, -0.2) is 72.9 Å². The van der Waals surface area contributed by atoms with Crippen molar-refractivity contribution in [2.75, 3.05) is 39.5 Å². The number of nitrogens with zero attached hydrogens (tertiary/aromatic N) is 4. The van der Waals surface area contributed by atoms with Gasteiger partial charge in [0.25, 0.3) is 5.91 Å². The summed E-state index contributed by atoms with van der Waals surface area (Å²) in [5.74, 6) is 0.461. The molecule has 26 heavy (non-hydrogen) atoms. The van der Waals surface area contributed by atoms with E-state index in [-0.39, 0.29) is 5.91 Å². The molecule has 1 aromatic carbocycles. The highest BCUT2D eigenvalue weighted by atomic mass is 32.2. The monoisotopic (exact) mass is 378 g/mol. The summed E-state index contributed by atoms with van der Waals surface area (Å²) in [7, 11) is -1.63. The minimum Gasteiger partial charge on any atom is -0.494 e. The van der Waals surface area contributed by atoms with Crippen LogP contribution >= 0.6 is 0 Å². The summed E-state index contributed by atoms with van der Waals surface area (Å²) in [6.45, 7) is 3.28. The number of methoxy groups -OCH3 is 1. The van der Waals surface area contributed by atoms with E-state index < -0.39 is 10.0 Å². The molecule has 1 aliphatic rings. The van der Waals surface area contributed by atoms with Crippen LogP contribution < -0.4 is 4.74 Å². The van der Waals surface area contributed by atoms with Crippen molar-refractivity contribution in [1.29, 1.82) is 0 Å². The van der Waals surface area contributed by atoms with E-state index in [9.17, 15) is 13.2 Å². The zero-order valence-corrected chi connectivity index (χ0v) is 15.9. The second-order valence-corrected chi connectivity index (χ2v) is 8.26. The van der Waals surface area contributed by atoms with Gasteiger partial charge in [0, 0.05) is 32.4 Å². The van der Waals surface area contributed by atoms with E-state index in [1.165, 1.54) is 10.6 Å². The molecule has 1 amide bonds. The highest BCUT2D eigenvalue weighted by Gasteiger charge is 2.27. The van der Waals surface area contributed by atoms with Gasteiger partial charge in [-0.3, -0.25) is 4.79 Å². The lowest BCUT2D eigenvalue weighted by Gasteiger charge is -2.32. The minimum atomic E-state index is -3.22. The van der Waals surface area contributed by atoms with Crippen LogP contribution in [-0.2, 0) is 10.0 Å². The Bertz CT molecular complexity index is 915. The zero-order valence-electron chi connectivity index (χ0n) is 15.0. The molecule has 3 rings (SSSR count). The van der Waals surface area contributed by atoms with Crippen LogP contribution in [0.1, 0.15) is 16.1 Å². The lowest BCUT2D eigenvalue weighted by Crippen LogP contribution is -2.50. The Hall–Kier alpha value is -2.39. The molecule has 1 fully saturated rings. The number of hydrogen-bond donors (Lipinski definition) is 0. The number of ether oxygens (including phenoxy) is 1. The van der Waals surface area contributed by atoms with Gasteiger partial charge in [-0.2, -0.15) is 9.40 Å². The van der Waals surface area contributed by atoms with Gasteiger partial charge in [0.2, 0.25) is 10.0 Å². The number of carbonyl (C=O) groups excluding carboxylic acids is 1. The molecule has 0 N–H and O–H groups in total. The molecule has 1 saturated heterocycles. The van der Waals surface area contributed by atoms with Crippen molar-refractivity contribution in [3.05, 3.63) is 41.7 Å². The van der Waals surface area contributed by atoms with Gasteiger partial charge in [-0.1, -0.05) is 6.07 Å². The molecule has 8 nitrogen and oxygen atoms in total. The molecule has 2 heterocycles. The van der Waals surface area contributed by atoms with Crippen molar-refractivity contribution >= 4 is 15.9 Å². The number of piperazine rings is 1. The van der Waals surface area contributed by atoms with Crippen LogP contribution in [0.15, 0.2) is 30.5 Å². The summed E-state index contributed by atoms with van der Waals surface area (Å²) < 4.78 is 31.5. The highest BCUT2D eigenvalue weighted by molar-refractivity contribution is 7.88. The number of hydrogen-bond acceptors (Lipinski definition) is 5. The molecule has 2 aromatic rings. The summed E-state index contributed by atoms with van der Waals surface area (Å²) in [5.41, 5.74) is 2.14. The number of aromatic nitrogens is 2. The Morgan fingerprint density at radius 2 is 1.85 bits per heavy atom. The third-order valence-electron chi connectivity index (χ3n) is 4.38. The number of aryl methyl sites for hydroxylation is 1. The molecule has 0 bridgehead atoms. The first kappa shape index (κ1) is 18.4. The molecule has 0 atom stereocenters. The van der Waals surface area contributed by atoms with Crippen molar-refractivity contribution < 1.29 is 17.9 Å². The standard InChI is InChI=1S/C17H22N4O4S/c1-13-4-5-16(25-2)15(12-13)21-7-6-14(18-21)17(22)19-8-10-20(11-9-19)26(3,23)24/h4-7,12H,8-11H2,1-3H3. The van der Waals surface area contributed by atoms with Gasteiger partial charge in [0.15, 0.2) is 5.69 Å². The first-order chi connectivity index (χ1) is 12.3. The van der Waals surface area contributed by atoms with E-state index in [4.69, 9.17) is 4.74 Å². The number of amides is 1. The summed E-state index contributed by atoms with van der Waals surface area (Å²) >= 11 is 0. The van der Waals surface area contributed by atoms with Crippen LogP contribution in [0.3, 0.4) is 0 Å². The second kappa shape index (κ2) is 7.08. The third kappa shape index (κ3) is 3.73. The molecule has 1 aromatic heterocycles. The molecule has 0 unspecified atom stereocenters. The lowest BCUT2D eigenvalue weighted by molar-refractivity contribution is 0.0692. The van der Waals surface area contributed by atoms with Crippen LogP contribution in [0.2, 0.25) is 0 Å². The van der Waals surface area contributed by atoms with E-state index >= 15 is 0 Å². The van der Waals surface area contributed by atoms with E-state index in [1.54, 1.807) is 29.0 Å². The number of sulfonamides is 1. The molecule has 1 aliphatic heterocycles. The SMILES string of the molecule is COc1ccc(C)cc1-n1ccc(C(=O)N2CCN(S(C)(=O)=O)CC2)n1. The summed E-state index contributed by atoms with van der Waals surface area (Å²) in [4.78, 5) is 14.3. The Morgan fingerprint density at radius 3 is 2.46 bits per heavy atom. The summed E-state index contributed by atoms with van der Waals surface area (Å²) in [6, 6.07) is 7.40. The number of rotatable bonds is 4. The molecule has 0 saturated carbocycles. The first-order valence-electron chi connectivity index (χ1n) is 8.24. The fraction of sp³-hybridized carbons (Fsp3) is 0.412. The average Bonchev–Trinajstić information content (AvgIpc) is 3.10. The Kier molecular flexibility index (Phi) is 5.01. The Morgan fingerprint density at radius 1 is 1.15 bits per heavy atom. The highest BCUT2D eigenvalue weighted by Crippen LogP contribution is 2.23. The molecular formula is C17H22N4O4S. The maximum atomic E-state index is 12.7. The second-order valence-electron chi connectivity index (χ2n) is 6.28. The Balaban J connectivity index is 1.76. The molecule has 0 radical (unpaired) electrons. The molecular weight excluding hydrogens is 356 g/mol. The van der Waals surface area contributed by atoms with Gasteiger partial charge in [-0.15, -0.1) is 0 Å². The van der Waals surface area contributed by atoms with Crippen LogP contribution in [0, 0.1) is 6.92 Å². The van der Waals surface area contributed by atoms with Crippen LogP contribution in [0.25, 0.3) is 5.69 Å². The maximum Gasteiger partial charge on any atom is 0.274 e. The Labute approximate surface area is 153 Å². The van der Waals surface area contributed by atoms with Crippen molar-refractivity contribution in [2.24, 2.45) is 0 Å². The lowest BCUT2D eigenvalue weighted by atomic mass is 10.2. The fourth-order valence-corrected chi connectivity index (χ4v) is 3.76. The van der Waals surface area contributed by atoms with E-state index in [1.807, 2.05) is 25.1 Å². The number of carbonyl (C=O) groups is 1. The number of benzene rings is 1. The molecule has 140 valence electrons. The predicted octanol–water partition coefficient (Wildman–Crippen LogP) is 0.907. The van der Waals surface area contributed by atoms with Crippen molar-refractivity contribution in [1.82, 2.24) is 19.0 Å². The van der Waals surface area contributed by atoms with E-state index in [0.717, 1.165) is 11.3 Å². The van der Waals surface area contributed by atoms with Gasteiger partial charge in [0.05, 0.1) is 13.4 Å². The van der Waals surface area contributed by atoms with Crippen LogP contribution in [0.5, 0.6) is 5.75 Å². The topological polar surface area (TPSA) is 84.7 Å². The van der Waals surface area contributed by atoms with Crippen molar-refractivity contribution in [3.63, 3.8) is 0 Å². The zero-order chi connectivity index (χ0) is 18.9. The smallest absolute Gasteiger partial charge is 0.274 e. The minimum absolute atomic E-state index is 0.205.